The van der Waals surface area contributed by atoms with Crippen LogP contribution < -0.4 is 10.6 Å². The van der Waals surface area contributed by atoms with Crippen molar-refractivity contribution in [3.05, 3.63) is 29.8 Å². The van der Waals surface area contributed by atoms with E-state index in [-0.39, 0.29) is 23.6 Å². The lowest BCUT2D eigenvalue weighted by Crippen LogP contribution is -2.65. The van der Waals surface area contributed by atoms with E-state index in [1.165, 1.54) is 19.3 Å². The van der Waals surface area contributed by atoms with E-state index in [4.69, 9.17) is 4.74 Å². The zero-order chi connectivity index (χ0) is 26.6. The standard InChI is InChI=1S/C29H42N4O4/c1-26(2,3)37-25(36)33-12-10-32(11-13-33)23(34)21-6-8-22(9-7-21)30-24(35)31-29-16-20-14-27(4,18-29)17-28(5,15-20)19-29/h6-9,20H,10-19H2,1-5H3,(H2,30,31,35). The SMILES string of the molecule is CC12CC3CC(C)(C1)CC(NC(=O)Nc1ccc(C(=O)N4CCN(C(=O)OC(C)(C)C)CC4)cc1)(C3)C2. The number of hydrogen-bond donors (Lipinski definition) is 2. The smallest absolute Gasteiger partial charge is 0.410 e. The molecule has 1 aromatic rings. The summed E-state index contributed by atoms with van der Waals surface area (Å²) < 4.78 is 5.43. The van der Waals surface area contributed by atoms with Crippen LogP contribution in [0.3, 0.4) is 0 Å². The summed E-state index contributed by atoms with van der Waals surface area (Å²) in [5.74, 6) is 0.637. The van der Waals surface area contributed by atoms with Crippen molar-refractivity contribution in [1.82, 2.24) is 15.1 Å². The van der Waals surface area contributed by atoms with Gasteiger partial charge in [-0.15, -0.1) is 0 Å². The molecule has 1 saturated heterocycles. The highest BCUT2D eigenvalue weighted by atomic mass is 16.6. The van der Waals surface area contributed by atoms with Gasteiger partial charge in [-0.2, -0.15) is 0 Å². The maximum absolute atomic E-state index is 13.0. The molecule has 1 aliphatic heterocycles. The van der Waals surface area contributed by atoms with E-state index < -0.39 is 5.60 Å². The van der Waals surface area contributed by atoms with Gasteiger partial charge in [-0.05, 0) is 100 Å². The van der Waals surface area contributed by atoms with E-state index in [1.807, 2.05) is 20.8 Å². The molecule has 202 valence electrons. The number of rotatable bonds is 3. The molecule has 37 heavy (non-hydrogen) atoms. The Kier molecular flexibility index (Phi) is 6.23. The van der Waals surface area contributed by atoms with Crippen molar-refractivity contribution in [3.8, 4) is 0 Å². The summed E-state index contributed by atoms with van der Waals surface area (Å²) in [6, 6.07) is 6.92. The lowest BCUT2D eigenvalue weighted by atomic mass is 9.43. The molecule has 5 aliphatic rings. The van der Waals surface area contributed by atoms with Gasteiger partial charge < -0.3 is 25.2 Å². The number of urea groups is 1. The van der Waals surface area contributed by atoms with Gasteiger partial charge in [0, 0.05) is 43.0 Å². The van der Waals surface area contributed by atoms with Crippen molar-refractivity contribution in [2.24, 2.45) is 16.7 Å². The fourth-order valence-corrected chi connectivity index (χ4v) is 8.29. The largest absolute Gasteiger partial charge is 0.444 e. The van der Waals surface area contributed by atoms with Crippen LogP contribution in [0.2, 0.25) is 0 Å². The first-order chi connectivity index (χ1) is 17.2. The van der Waals surface area contributed by atoms with E-state index in [0.29, 0.717) is 54.2 Å². The van der Waals surface area contributed by atoms with Gasteiger partial charge in [-0.1, -0.05) is 13.8 Å². The van der Waals surface area contributed by atoms with Crippen LogP contribution in [0.4, 0.5) is 15.3 Å². The summed E-state index contributed by atoms with van der Waals surface area (Å²) >= 11 is 0. The van der Waals surface area contributed by atoms with Crippen LogP contribution in [0, 0.1) is 16.7 Å². The van der Waals surface area contributed by atoms with Crippen molar-refractivity contribution < 1.29 is 19.1 Å². The second-order valence-corrected chi connectivity index (χ2v) is 13.8. The molecule has 2 unspecified atom stereocenters. The molecular weight excluding hydrogens is 468 g/mol. The maximum Gasteiger partial charge on any atom is 0.410 e. The number of amides is 4. The zero-order valence-electron chi connectivity index (χ0n) is 23.0. The number of ether oxygens (including phenoxy) is 1. The van der Waals surface area contributed by atoms with E-state index in [2.05, 4.69) is 24.5 Å². The summed E-state index contributed by atoms with van der Waals surface area (Å²) in [5, 5.41) is 6.36. The number of carbonyl (C=O) groups excluding carboxylic acids is 3. The van der Waals surface area contributed by atoms with Crippen molar-refractivity contribution in [2.45, 2.75) is 84.3 Å². The van der Waals surface area contributed by atoms with Crippen LogP contribution in [-0.4, -0.2) is 65.2 Å². The summed E-state index contributed by atoms with van der Waals surface area (Å²) in [4.78, 5) is 41.7. The fraction of sp³-hybridized carbons (Fsp3) is 0.690. The van der Waals surface area contributed by atoms with Crippen LogP contribution in [0.15, 0.2) is 24.3 Å². The fourth-order valence-electron chi connectivity index (χ4n) is 8.29. The number of nitrogens with one attached hydrogen (secondary N) is 2. The third-order valence-corrected chi connectivity index (χ3v) is 8.61. The van der Waals surface area contributed by atoms with Crippen LogP contribution in [0.5, 0.6) is 0 Å². The Hall–Kier alpha value is -2.77. The molecular formula is C29H42N4O4. The van der Waals surface area contributed by atoms with Gasteiger partial charge in [0.1, 0.15) is 5.60 Å². The molecule has 4 amide bonds. The number of benzene rings is 1. The van der Waals surface area contributed by atoms with Crippen LogP contribution in [0.1, 0.15) is 83.5 Å². The molecule has 6 rings (SSSR count). The minimum absolute atomic E-state index is 0.0742. The molecule has 2 atom stereocenters. The Balaban J connectivity index is 1.14. The minimum atomic E-state index is -0.539. The van der Waals surface area contributed by atoms with Crippen molar-refractivity contribution in [3.63, 3.8) is 0 Å². The first kappa shape index (κ1) is 25.9. The molecule has 2 N–H and O–H groups in total. The monoisotopic (exact) mass is 510 g/mol. The average Bonchev–Trinajstić information content (AvgIpc) is 2.75. The maximum atomic E-state index is 13.0. The highest BCUT2D eigenvalue weighted by Gasteiger charge is 2.60. The third kappa shape index (κ3) is 5.58. The minimum Gasteiger partial charge on any atom is -0.444 e. The third-order valence-electron chi connectivity index (χ3n) is 8.61. The summed E-state index contributed by atoms with van der Waals surface area (Å²) in [6.07, 6.45) is 6.72. The molecule has 4 saturated carbocycles. The first-order valence-corrected chi connectivity index (χ1v) is 13.7. The van der Waals surface area contributed by atoms with Crippen molar-refractivity contribution >= 4 is 23.7 Å². The molecule has 5 fully saturated rings. The van der Waals surface area contributed by atoms with E-state index in [1.54, 1.807) is 34.1 Å². The van der Waals surface area contributed by atoms with Gasteiger partial charge in [0.15, 0.2) is 0 Å². The highest BCUT2D eigenvalue weighted by Crippen LogP contribution is 2.66. The van der Waals surface area contributed by atoms with Crippen molar-refractivity contribution in [2.75, 3.05) is 31.5 Å². The molecule has 8 heteroatoms. The summed E-state index contributed by atoms with van der Waals surface area (Å²) in [5.41, 5.74) is 1.26. The molecule has 8 nitrogen and oxygen atoms in total. The Labute approximate surface area is 220 Å². The van der Waals surface area contributed by atoms with Crippen LogP contribution >= 0.6 is 0 Å². The zero-order valence-corrected chi connectivity index (χ0v) is 23.0. The van der Waals surface area contributed by atoms with Crippen LogP contribution in [-0.2, 0) is 4.74 Å². The first-order valence-electron chi connectivity index (χ1n) is 13.7. The predicted molar refractivity (Wildman–Crippen MR) is 142 cm³/mol. The molecule has 0 aromatic heterocycles. The predicted octanol–water partition coefficient (Wildman–Crippen LogP) is 5.25. The molecule has 0 radical (unpaired) electrons. The Morgan fingerprint density at radius 2 is 1.43 bits per heavy atom. The number of piperazine rings is 1. The van der Waals surface area contributed by atoms with E-state index in [9.17, 15) is 14.4 Å². The lowest BCUT2D eigenvalue weighted by molar-refractivity contribution is -0.113. The van der Waals surface area contributed by atoms with Gasteiger partial charge in [0.25, 0.3) is 5.91 Å². The van der Waals surface area contributed by atoms with E-state index in [0.717, 1.165) is 19.3 Å². The van der Waals surface area contributed by atoms with Gasteiger partial charge in [-0.3, -0.25) is 4.79 Å². The quantitative estimate of drug-likeness (QED) is 0.581. The summed E-state index contributed by atoms with van der Waals surface area (Å²) in [6.45, 7) is 12.1. The Bertz CT molecular complexity index is 1050. The molecule has 4 bridgehead atoms. The van der Waals surface area contributed by atoms with Gasteiger partial charge in [0.2, 0.25) is 0 Å². The van der Waals surface area contributed by atoms with Crippen LogP contribution in [0.25, 0.3) is 0 Å². The van der Waals surface area contributed by atoms with Gasteiger partial charge in [0.05, 0.1) is 0 Å². The Morgan fingerprint density at radius 3 is 1.97 bits per heavy atom. The second kappa shape index (κ2) is 8.91. The number of hydrogen-bond acceptors (Lipinski definition) is 4. The number of anilines is 1. The lowest BCUT2D eigenvalue weighted by Gasteiger charge is -2.65. The Morgan fingerprint density at radius 1 is 0.865 bits per heavy atom. The van der Waals surface area contributed by atoms with E-state index >= 15 is 0 Å². The normalized spacial score (nSPS) is 32.7. The molecule has 0 spiro atoms. The number of nitrogens with zero attached hydrogens (tertiary/aromatic N) is 2. The highest BCUT2D eigenvalue weighted by molar-refractivity contribution is 5.95. The topological polar surface area (TPSA) is 91.0 Å². The average molecular weight is 511 g/mol. The van der Waals surface area contributed by atoms with Crippen molar-refractivity contribution in [1.29, 1.82) is 0 Å². The molecule has 1 aromatic carbocycles. The number of carbonyl (C=O) groups is 3. The second-order valence-electron chi connectivity index (χ2n) is 13.8. The summed E-state index contributed by atoms with van der Waals surface area (Å²) in [7, 11) is 0. The molecule has 4 aliphatic carbocycles. The van der Waals surface area contributed by atoms with Gasteiger partial charge in [-0.25, -0.2) is 9.59 Å². The molecule has 1 heterocycles. The van der Waals surface area contributed by atoms with Gasteiger partial charge >= 0.3 is 12.1 Å².